The Morgan fingerprint density at radius 1 is 1.28 bits per heavy atom. The average Bonchev–Trinajstić information content (AvgIpc) is 2.36. The van der Waals surface area contributed by atoms with Crippen molar-refractivity contribution >= 4 is 23.6 Å². The lowest BCUT2D eigenvalue weighted by Crippen LogP contribution is -2.35. The molecule has 0 radical (unpaired) electrons. The van der Waals surface area contributed by atoms with Crippen LogP contribution in [-0.2, 0) is 16.1 Å². The summed E-state index contributed by atoms with van der Waals surface area (Å²) >= 11 is 1.58. The number of amides is 1. The van der Waals surface area contributed by atoms with E-state index in [1.807, 2.05) is 36.6 Å². The minimum Gasteiger partial charge on any atom is -0.480 e. The zero-order valence-corrected chi connectivity index (χ0v) is 11.2. The highest BCUT2D eigenvalue weighted by molar-refractivity contribution is 7.98. The van der Waals surface area contributed by atoms with Gasteiger partial charge in [-0.1, -0.05) is 30.3 Å². The van der Waals surface area contributed by atoms with Gasteiger partial charge in [0.25, 0.3) is 0 Å². The van der Waals surface area contributed by atoms with Gasteiger partial charge in [0.15, 0.2) is 0 Å². The third-order valence-corrected chi connectivity index (χ3v) is 3.03. The lowest BCUT2D eigenvalue weighted by atomic mass is 10.2. The third kappa shape index (κ3) is 5.23. The Bertz CT molecular complexity index is 394. The summed E-state index contributed by atoms with van der Waals surface area (Å²) in [5.41, 5.74) is 0.941. The van der Waals surface area contributed by atoms with Gasteiger partial charge in [-0.05, 0) is 11.8 Å². The normalized spacial score (nSPS) is 10.1. The van der Waals surface area contributed by atoms with E-state index < -0.39 is 5.97 Å². The molecule has 0 aliphatic heterocycles. The predicted octanol–water partition coefficient (Wildman–Crippen LogP) is 1.85. The Hall–Kier alpha value is -1.49. The van der Waals surface area contributed by atoms with Crippen LogP contribution in [0.5, 0.6) is 0 Å². The van der Waals surface area contributed by atoms with E-state index in [0.29, 0.717) is 18.7 Å². The van der Waals surface area contributed by atoms with Gasteiger partial charge in [-0.2, -0.15) is 11.8 Å². The second-order valence-corrected chi connectivity index (χ2v) is 4.86. The molecule has 0 aliphatic carbocycles. The molecular formula is C13H17NO3S. The molecule has 18 heavy (non-hydrogen) atoms. The summed E-state index contributed by atoms with van der Waals surface area (Å²) in [5.74, 6) is -0.386. The van der Waals surface area contributed by atoms with Crippen LogP contribution in [0.2, 0.25) is 0 Å². The average molecular weight is 267 g/mol. The summed E-state index contributed by atoms with van der Waals surface area (Å²) in [5, 5.41) is 8.84. The molecule has 0 unspecified atom stereocenters. The number of carboxylic acids is 1. The molecule has 1 amide bonds. The molecule has 0 aliphatic rings. The zero-order chi connectivity index (χ0) is 13.4. The molecule has 0 spiro atoms. The molecule has 4 nitrogen and oxygen atoms in total. The molecule has 0 bridgehead atoms. The number of hydrogen-bond acceptors (Lipinski definition) is 3. The van der Waals surface area contributed by atoms with Crippen molar-refractivity contribution in [1.29, 1.82) is 0 Å². The van der Waals surface area contributed by atoms with E-state index in [1.54, 1.807) is 11.8 Å². The van der Waals surface area contributed by atoms with E-state index in [0.717, 1.165) is 5.56 Å². The topological polar surface area (TPSA) is 57.6 Å². The number of carboxylic acid groups (broad SMARTS) is 1. The largest absolute Gasteiger partial charge is 0.480 e. The summed E-state index contributed by atoms with van der Waals surface area (Å²) < 4.78 is 0. The van der Waals surface area contributed by atoms with Crippen molar-refractivity contribution < 1.29 is 14.7 Å². The Balaban J connectivity index is 2.66. The van der Waals surface area contributed by atoms with Crippen molar-refractivity contribution in [3.8, 4) is 0 Å². The van der Waals surface area contributed by atoms with Gasteiger partial charge < -0.3 is 10.0 Å². The van der Waals surface area contributed by atoms with Gasteiger partial charge in [-0.25, -0.2) is 0 Å². The van der Waals surface area contributed by atoms with Crippen LogP contribution in [0.15, 0.2) is 30.3 Å². The maximum atomic E-state index is 11.9. The third-order valence-electron chi connectivity index (χ3n) is 2.42. The molecule has 0 heterocycles. The number of carbonyl (C=O) groups excluding carboxylic acids is 1. The van der Waals surface area contributed by atoms with Gasteiger partial charge in [0.05, 0.1) is 0 Å². The summed E-state index contributed by atoms with van der Waals surface area (Å²) in [6.07, 6.45) is 2.30. The first kappa shape index (κ1) is 14.6. The Morgan fingerprint density at radius 2 is 1.94 bits per heavy atom. The molecule has 0 atom stereocenters. The highest BCUT2D eigenvalue weighted by Crippen LogP contribution is 2.07. The molecule has 1 N–H and O–H groups in total. The van der Waals surface area contributed by atoms with E-state index in [4.69, 9.17) is 5.11 Å². The van der Waals surface area contributed by atoms with E-state index in [1.165, 1.54) is 4.90 Å². The van der Waals surface area contributed by atoms with Gasteiger partial charge >= 0.3 is 5.97 Å². The molecule has 5 heteroatoms. The predicted molar refractivity (Wildman–Crippen MR) is 72.5 cm³/mol. The second-order valence-electron chi connectivity index (χ2n) is 3.87. The molecule has 1 aromatic rings. The van der Waals surface area contributed by atoms with Crippen LogP contribution < -0.4 is 0 Å². The van der Waals surface area contributed by atoms with E-state index in [2.05, 4.69) is 0 Å². The molecule has 0 aromatic heterocycles. The van der Waals surface area contributed by atoms with Crippen molar-refractivity contribution in [3.05, 3.63) is 35.9 Å². The summed E-state index contributed by atoms with van der Waals surface area (Å²) in [7, 11) is 0. The zero-order valence-electron chi connectivity index (χ0n) is 10.3. The van der Waals surface area contributed by atoms with Gasteiger partial charge in [0, 0.05) is 18.7 Å². The number of benzene rings is 1. The van der Waals surface area contributed by atoms with Crippen LogP contribution in [0, 0.1) is 0 Å². The van der Waals surface area contributed by atoms with Crippen molar-refractivity contribution in [2.24, 2.45) is 0 Å². The maximum Gasteiger partial charge on any atom is 0.323 e. The van der Waals surface area contributed by atoms with Crippen molar-refractivity contribution in [2.75, 3.05) is 18.6 Å². The molecule has 1 rings (SSSR count). The van der Waals surface area contributed by atoms with Gasteiger partial charge in [-0.15, -0.1) is 0 Å². The van der Waals surface area contributed by atoms with E-state index in [9.17, 15) is 9.59 Å². The molecular weight excluding hydrogens is 250 g/mol. The quantitative estimate of drug-likeness (QED) is 0.819. The van der Waals surface area contributed by atoms with Crippen LogP contribution in [-0.4, -0.2) is 40.4 Å². The van der Waals surface area contributed by atoms with Crippen LogP contribution >= 0.6 is 11.8 Å². The minimum absolute atomic E-state index is 0.115. The molecule has 1 aromatic carbocycles. The van der Waals surface area contributed by atoms with Crippen LogP contribution in [0.1, 0.15) is 12.0 Å². The fraction of sp³-hybridized carbons (Fsp3) is 0.385. The summed E-state index contributed by atoms with van der Waals surface area (Å²) in [6.45, 7) is 0.0997. The first-order valence-electron chi connectivity index (χ1n) is 5.66. The fourth-order valence-corrected chi connectivity index (χ4v) is 1.93. The first-order chi connectivity index (χ1) is 8.63. The van der Waals surface area contributed by atoms with E-state index in [-0.39, 0.29) is 12.5 Å². The number of thioether (sulfide) groups is 1. The number of rotatable bonds is 7. The van der Waals surface area contributed by atoms with Gasteiger partial charge in [-0.3, -0.25) is 9.59 Å². The highest BCUT2D eigenvalue weighted by Gasteiger charge is 2.16. The molecule has 0 saturated heterocycles. The summed E-state index contributed by atoms with van der Waals surface area (Å²) in [4.78, 5) is 24.1. The maximum absolute atomic E-state index is 11.9. The van der Waals surface area contributed by atoms with Crippen LogP contribution in [0.3, 0.4) is 0 Å². The number of hydrogen-bond donors (Lipinski definition) is 1. The monoisotopic (exact) mass is 267 g/mol. The van der Waals surface area contributed by atoms with Crippen molar-refractivity contribution in [1.82, 2.24) is 4.90 Å². The number of nitrogens with zero attached hydrogens (tertiary/aromatic N) is 1. The first-order valence-corrected chi connectivity index (χ1v) is 7.05. The molecule has 0 fully saturated rings. The highest BCUT2D eigenvalue weighted by atomic mass is 32.2. The van der Waals surface area contributed by atoms with E-state index >= 15 is 0 Å². The Morgan fingerprint density at radius 3 is 2.50 bits per heavy atom. The lowest BCUT2D eigenvalue weighted by molar-refractivity contribution is -0.144. The smallest absolute Gasteiger partial charge is 0.323 e. The molecule has 98 valence electrons. The number of carbonyl (C=O) groups is 2. The van der Waals surface area contributed by atoms with Gasteiger partial charge in [0.1, 0.15) is 6.54 Å². The SMILES string of the molecule is CSCCC(=O)N(CC(=O)O)Cc1ccccc1. The number of aliphatic carboxylic acids is 1. The lowest BCUT2D eigenvalue weighted by Gasteiger charge is -2.20. The van der Waals surface area contributed by atoms with Crippen molar-refractivity contribution in [3.63, 3.8) is 0 Å². The standard InChI is InChI=1S/C13H17NO3S/c1-18-8-7-12(15)14(10-13(16)17)9-11-5-3-2-4-6-11/h2-6H,7-10H2,1H3,(H,16,17). The fourth-order valence-electron chi connectivity index (χ4n) is 1.55. The minimum atomic E-state index is -0.983. The van der Waals surface area contributed by atoms with Crippen LogP contribution in [0.4, 0.5) is 0 Å². The Labute approximate surface area is 111 Å². The molecule has 0 saturated carbocycles. The van der Waals surface area contributed by atoms with Crippen LogP contribution in [0.25, 0.3) is 0 Å². The summed E-state index contributed by atoms with van der Waals surface area (Å²) in [6, 6.07) is 9.41. The second kappa shape index (κ2) is 7.76. The van der Waals surface area contributed by atoms with Crippen molar-refractivity contribution in [2.45, 2.75) is 13.0 Å². The van der Waals surface area contributed by atoms with Gasteiger partial charge in [0.2, 0.25) is 5.91 Å². The Kier molecular flexibility index (Phi) is 6.28.